The van der Waals surface area contributed by atoms with E-state index < -0.39 is 28.2 Å². The number of carbonyl (C=O) groups excluding carboxylic acids is 3. The van der Waals surface area contributed by atoms with Crippen molar-refractivity contribution in [3.63, 3.8) is 0 Å². The molecule has 0 fully saturated rings. The van der Waals surface area contributed by atoms with Gasteiger partial charge in [-0.15, -0.1) is 0 Å². The fraction of sp³-hybridized carbons (Fsp3) is 0.278. The monoisotopic (exact) mass is 377 g/mol. The SMILES string of the molecule is CC(=O)c1c(C)[nH]c(C(=O)COC(=O)c2ccccc2S(C)(=O)=O)c1C. The minimum atomic E-state index is -3.62. The van der Waals surface area contributed by atoms with Gasteiger partial charge in [0.1, 0.15) is 0 Å². The van der Waals surface area contributed by atoms with Gasteiger partial charge in [-0.05, 0) is 38.5 Å². The quantitative estimate of drug-likeness (QED) is 0.611. The largest absolute Gasteiger partial charge is 0.454 e. The first-order chi connectivity index (χ1) is 12.0. The molecule has 0 aliphatic heterocycles. The number of hydrogen-bond acceptors (Lipinski definition) is 6. The van der Waals surface area contributed by atoms with Crippen LogP contribution in [-0.2, 0) is 14.6 Å². The number of benzene rings is 1. The Kier molecular flexibility index (Phi) is 5.46. The van der Waals surface area contributed by atoms with Crippen LogP contribution in [0, 0.1) is 13.8 Å². The average Bonchev–Trinajstić information content (AvgIpc) is 2.86. The summed E-state index contributed by atoms with van der Waals surface area (Å²) in [5, 5.41) is 0. The zero-order valence-corrected chi connectivity index (χ0v) is 15.7. The lowest BCUT2D eigenvalue weighted by Gasteiger charge is -2.08. The maximum atomic E-state index is 12.3. The number of aryl methyl sites for hydroxylation is 1. The van der Waals surface area contributed by atoms with E-state index in [1.807, 2.05) is 0 Å². The fourth-order valence-corrected chi connectivity index (χ4v) is 3.67. The molecule has 1 aromatic carbocycles. The number of nitrogens with one attached hydrogen (secondary N) is 1. The van der Waals surface area contributed by atoms with Crippen molar-refractivity contribution in [2.24, 2.45) is 0 Å². The standard InChI is InChI=1S/C18H19NO6S/c1-10-16(12(3)20)11(2)19-17(10)14(21)9-25-18(22)13-7-5-6-8-15(13)26(4,23)24/h5-8,19H,9H2,1-4H3. The molecule has 2 rings (SSSR count). The van der Waals surface area contributed by atoms with E-state index in [0.29, 0.717) is 16.8 Å². The smallest absolute Gasteiger partial charge is 0.339 e. The van der Waals surface area contributed by atoms with Gasteiger partial charge in [0.25, 0.3) is 0 Å². The topological polar surface area (TPSA) is 110 Å². The predicted octanol–water partition coefficient (Wildman–Crippen LogP) is 2.28. The van der Waals surface area contributed by atoms with Gasteiger partial charge in [0.05, 0.1) is 16.2 Å². The van der Waals surface area contributed by atoms with Crippen molar-refractivity contribution in [1.82, 2.24) is 4.98 Å². The van der Waals surface area contributed by atoms with Gasteiger partial charge in [-0.3, -0.25) is 9.59 Å². The van der Waals surface area contributed by atoms with E-state index in [2.05, 4.69) is 4.98 Å². The molecule has 2 aromatic rings. The molecule has 1 N–H and O–H groups in total. The number of Topliss-reactive ketones (excluding diaryl/α,β-unsaturated/α-hetero) is 2. The summed E-state index contributed by atoms with van der Waals surface area (Å²) < 4.78 is 28.5. The van der Waals surface area contributed by atoms with Crippen molar-refractivity contribution in [1.29, 1.82) is 0 Å². The first kappa shape index (κ1) is 19.6. The Labute approximate surface area is 151 Å². The van der Waals surface area contributed by atoms with Crippen LogP contribution in [0.3, 0.4) is 0 Å². The second-order valence-corrected chi connectivity index (χ2v) is 7.93. The third-order valence-electron chi connectivity index (χ3n) is 3.91. The van der Waals surface area contributed by atoms with Crippen LogP contribution in [0.2, 0.25) is 0 Å². The molecule has 1 aromatic heterocycles. The molecule has 0 aliphatic rings. The number of ether oxygens (including phenoxy) is 1. The molecule has 26 heavy (non-hydrogen) atoms. The minimum absolute atomic E-state index is 0.133. The Hall–Kier alpha value is -2.74. The lowest BCUT2D eigenvalue weighted by Crippen LogP contribution is -2.17. The molecule has 0 amide bonds. The molecule has 0 saturated carbocycles. The molecule has 0 aliphatic carbocycles. The summed E-state index contributed by atoms with van der Waals surface area (Å²) in [6, 6.07) is 5.61. The van der Waals surface area contributed by atoms with E-state index in [1.54, 1.807) is 13.8 Å². The maximum absolute atomic E-state index is 12.3. The van der Waals surface area contributed by atoms with Gasteiger partial charge < -0.3 is 9.72 Å². The molecule has 0 radical (unpaired) electrons. The van der Waals surface area contributed by atoms with Gasteiger partial charge in [0.15, 0.2) is 22.2 Å². The third kappa shape index (κ3) is 3.91. The Morgan fingerprint density at radius 2 is 1.73 bits per heavy atom. The number of ketones is 2. The van der Waals surface area contributed by atoms with Crippen molar-refractivity contribution in [3.05, 3.63) is 52.3 Å². The Balaban J connectivity index is 2.20. The number of aromatic amines is 1. The molecule has 0 bridgehead atoms. The Bertz CT molecular complexity index is 1000. The number of hydrogen-bond donors (Lipinski definition) is 1. The second-order valence-electron chi connectivity index (χ2n) is 5.95. The Morgan fingerprint density at radius 3 is 2.27 bits per heavy atom. The zero-order chi connectivity index (χ0) is 19.6. The average molecular weight is 377 g/mol. The highest BCUT2D eigenvalue weighted by molar-refractivity contribution is 7.90. The van der Waals surface area contributed by atoms with Gasteiger partial charge >= 0.3 is 5.97 Å². The molecular formula is C18H19NO6S. The van der Waals surface area contributed by atoms with Crippen LogP contribution < -0.4 is 0 Å². The summed E-state index contributed by atoms with van der Waals surface area (Å²) in [6.45, 7) is 4.14. The van der Waals surface area contributed by atoms with Crippen molar-refractivity contribution in [2.75, 3.05) is 12.9 Å². The fourth-order valence-electron chi connectivity index (χ4n) is 2.80. The normalized spacial score (nSPS) is 11.2. The van der Waals surface area contributed by atoms with E-state index in [1.165, 1.54) is 31.2 Å². The summed E-state index contributed by atoms with van der Waals surface area (Å²) >= 11 is 0. The van der Waals surface area contributed by atoms with Gasteiger partial charge in [-0.25, -0.2) is 13.2 Å². The number of aromatic nitrogens is 1. The lowest BCUT2D eigenvalue weighted by molar-refractivity contribution is 0.0469. The lowest BCUT2D eigenvalue weighted by atomic mass is 10.1. The van der Waals surface area contributed by atoms with E-state index in [0.717, 1.165) is 6.26 Å². The summed E-state index contributed by atoms with van der Waals surface area (Å²) in [7, 11) is -3.62. The number of rotatable bonds is 6. The number of esters is 1. The van der Waals surface area contributed by atoms with Crippen LogP contribution in [-0.4, -0.2) is 43.8 Å². The van der Waals surface area contributed by atoms with Gasteiger partial charge in [0, 0.05) is 17.5 Å². The zero-order valence-electron chi connectivity index (χ0n) is 14.9. The predicted molar refractivity (Wildman–Crippen MR) is 94.4 cm³/mol. The highest BCUT2D eigenvalue weighted by Gasteiger charge is 2.23. The first-order valence-corrected chi connectivity index (χ1v) is 9.62. The van der Waals surface area contributed by atoms with E-state index in [-0.39, 0.29) is 21.9 Å². The van der Waals surface area contributed by atoms with E-state index in [9.17, 15) is 22.8 Å². The van der Waals surface area contributed by atoms with Gasteiger partial charge in [0.2, 0.25) is 5.78 Å². The van der Waals surface area contributed by atoms with Crippen LogP contribution in [0.5, 0.6) is 0 Å². The molecule has 7 nitrogen and oxygen atoms in total. The molecule has 0 unspecified atom stereocenters. The first-order valence-electron chi connectivity index (χ1n) is 7.73. The second kappa shape index (κ2) is 7.25. The molecule has 0 atom stereocenters. The molecule has 1 heterocycles. The highest BCUT2D eigenvalue weighted by Crippen LogP contribution is 2.20. The van der Waals surface area contributed by atoms with Gasteiger partial charge in [-0.1, -0.05) is 12.1 Å². The summed E-state index contributed by atoms with van der Waals surface area (Å²) in [5.74, 6) is -1.59. The molecule has 0 spiro atoms. The van der Waals surface area contributed by atoms with E-state index in [4.69, 9.17) is 4.74 Å². The molecule has 0 saturated heterocycles. The molecular weight excluding hydrogens is 358 g/mol. The summed E-state index contributed by atoms with van der Waals surface area (Å²) in [6.07, 6.45) is 0.985. The van der Waals surface area contributed by atoms with Crippen molar-refractivity contribution in [2.45, 2.75) is 25.7 Å². The Morgan fingerprint density at radius 1 is 1.12 bits per heavy atom. The van der Waals surface area contributed by atoms with Crippen LogP contribution in [0.1, 0.15) is 49.4 Å². The van der Waals surface area contributed by atoms with Crippen molar-refractivity contribution >= 4 is 27.4 Å². The minimum Gasteiger partial charge on any atom is -0.454 e. The van der Waals surface area contributed by atoms with Crippen LogP contribution >= 0.6 is 0 Å². The van der Waals surface area contributed by atoms with Gasteiger partial charge in [-0.2, -0.15) is 0 Å². The number of sulfone groups is 1. The van der Waals surface area contributed by atoms with Crippen LogP contribution in [0.15, 0.2) is 29.2 Å². The summed E-state index contributed by atoms with van der Waals surface area (Å²) in [4.78, 5) is 38.8. The number of carbonyl (C=O) groups is 3. The van der Waals surface area contributed by atoms with Crippen LogP contribution in [0.25, 0.3) is 0 Å². The van der Waals surface area contributed by atoms with Crippen molar-refractivity contribution in [3.8, 4) is 0 Å². The molecule has 8 heteroatoms. The van der Waals surface area contributed by atoms with E-state index >= 15 is 0 Å². The number of H-pyrrole nitrogens is 1. The molecule has 138 valence electrons. The summed E-state index contributed by atoms with van der Waals surface area (Å²) in [5.41, 5.74) is 1.55. The highest BCUT2D eigenvalue weighted by atomic mass is 32.2. The van der Waals surface area contributed by atoms with Crippen LogP contribution in [0.4, 0.5) is 0 Å². The third-order valence-corrected chi connectivity index (χ3v) is 5.06. The van der Waals surface area contributed by atoms with Crippen molar-refractivity contribution < 1.29 is 27.5 Å². The maximum Gasteiger partial charge on any atom is 0.339 e.